The fraction of sp³-hybridized carbons (Fsp3) is 0.429. The third-order valence-corrected chi connectivity index (χ3v) is 3.57. The summed E-state index contributed by atoms with van der Waals surface area (Å²) in [5.41, 5.74) is 3.81. The van der Waals surface area contributed by atoms with Crippen LogP contribution in [0.15, 0.2) is 24.3 Å². The minimum Gasteiger partial charge on any atom is -0.340 e. The predicted molar refractivity (Wildman–Crippen MR) is 75.6 cm³/mol. The van der Waals surface area contributed by atoms with Crippen molar-refractivity contribution in [2.75, 3.05) is 26.2 Å². The van der Waals surface area contributed by atoms with Gasteiger partial charge >= 0.3 is 0 Å². The maximum atomic E-state index is 11.3. The maximum Gasteiger partial charge on any atom is 0.265 e. The minimum absolute atomic E-state index is 0.141. The summed E-state index contributed by atoms with van der Waals surface area (Å²) in [4.78, 5) is 26.8. The molecule has 0 aliphatic carbocycles. The number of benzene rings is 1. The second-order valence-electron chi connectivity index (χ2n) is 4.95. The molecule has 0 saturated carbocycles. The van der Waals surface area contributed by atoms with Crippen LogP contribution in [-0.4, -0.2) is 47.8 Å². The molecule has 1 heterocycles. The average molecular weight is 276 g/mol. The molecule has 6 nitrogen and oxygen atoms in total. The molecule has 6 heteroatoms. The van der Waals surface area contributed by atoms with Gasteiger partial charge in [0, 0.05) is 45.2 Å². The summed E-state index contributed by atoms with van der Waals surface area (Å²) < 4.78 is 0. The Morgan fingerprint density at radius 3 is 2.25 bits per heavy atom. The van der Waals surface area contributed by atoms with E-state index in [2.05, 4.69) is 10.3 Å². The Bertz CT molecular complexity index is 478. The van der Waals surface area contributed by atoms with Crippen LogP contribution < -0.4 is 11.3 Å². The molecule has 0 spiro atoms. The highest BCUT2D eigenvalue weighted by Gasteiger charge is 2.18. The Labute approximate surface area is 118 Å². The summed E-state index contributed by atoms with van der Waals surface area (Å²) in [6.45, 7) is 5.76. The van der Waals surface area contributed by atoms with Crippen LogP contribution in [0.25, 0.3) is 0 Å². The van der Waals surface area contributed by atoms with Gasteiger partial charge in [0.05, 0.1) is 0 Å². The molecular formula is C14H20N4O2. The molecule has 2 rings (SSSR count). The lowest BCUT2D eigenvalue weighted by Gasteiger charge is -2.34. The molecule has 0 atom stereocenters. The lowest BCUT2D eigenvalue weighted by molar-refractivity contribution is -0.130. The average Bonchev–Trinajstić information content (AvgIpc) is 2.48. The smallest absolute Gasteiger partial charge is 0.265 e. The number of carbonyl (C=O) groups is 2. The first kappa shape index (κ1) is 14.5. The number of nitrogens with two attached hydrogens (primary N) is 1. The number of amides is 2. The number of piperazine rings is 1. The van der Waals surface area contributed by atoms with Crippen LogP contribution >= 0.6 is 0 Å². The molecule has 0 aromatic heterocycles. The molecule has 3 N–H and O–H groups in total. The molecule has 20 heavy (non-hydrogen) atoms. The number of hydrogen-bond acceptors (Lipinski definition) is 4. The summed E-state index contributed by atoms with van der Waals surface area (Å²) in [6.07, 6.45) is 0. The fourth-order valence-electron chi connectivity index (χ4n) is 2.32. The third-order valence-electron chi connectivity index (χ3n) is 3.57. The van der Waals surface area contributed by atoms with E-state index >= 15 is 0 Å². The molecule has 1 saturated heterocycles. The van der Waals surface area contributed by atoms with Gasteiger partial charge in [-0.3, -0.25) is 19.9 Å². The van der Waals surface area contributed by atoms with Gasteiger partial charge in [-0.05, 0) is 17.7 Å². The molecule has 108 valence electrons. The first-order valence-corrected chi connectivity index (χ1v) is 6.68. The predicted octanol–water partition coefficient (Wildman–Crippen LogP) is -0.0458. The first-order valence-electron chi connectivity index (χ1n) is 6.68. The van der Waals surface area contributed by atoms with E-state index in [9.17, 15) is 9.59 Å². The Morgan fingerprint density at radius 2 is 1.75 bits per heavy atom. The Balaban J connectivity index is 1.88. The quantitative estimate of drug-likeness (QED) is 0.461. The minimum atomic E-state index is -0.286. The van der Waals surface area contributed by atoms with Crippen LogP contribution in [0.2, 0.25) is 0 Å². The number of carbonyl (C=O) groups excluding carboxylic acids is 2. The van der Waals surface area contributed by atoms with Crippen LogP contribution in [-0.2, 0) is 11.3 Å². The van der Waals surface area contributed by atoms with Gasteiger partial charge in [-0.15, -0.1) is 0 Å². The van der Waals surface area contributed by atoms with Gasteiger partial charge < -0.3 is 4.90 Å². The number of nitrogens with one attached hydrogen (secondary N) is 1. The van der Waals surface area contributed by atoms with Crippen molar-refractivity contribution >= 4 is 11.8 Å². The van der Waals surface area contributed by atoms with Crippen molar-refractivity contribution in [3.05, 3.63) is 35.4 Å². The standard InChI is InChI=1S/C14H20N4O2/c1-11(19)18-8-6-17(7-9-18)10-12-2-4-13(5-3-12)14(20)16-15/h2-5H,6-10,15H2,1H3,(H,16,20). The van der Waals surface area contributed by atoms with Gasteiger partial charge in [0.15, 0.2) is 0 Å². The molecule has 1 aliphatic heterocycles. The molecule has 1 aromatic rings. The van der Waals surface area contributed by atoms with Crippen LogP contribution in [0.5, 0.6) is 0 Å². The zero-order chi connectivity index (χ0) is 14.5. The van der Waals surface area contributed by atoms with Crippen molar-refractivity contribution in [3.8, 4) is 0 Å². The highest BCUT2D eigenvalue weighted by atomic mass is 16.2. The first-order chi connectivity index (χ1) is 9.60. The monoisotopic (exact) mass is 276 g/mol. The largest absolute Gasteiger partial charge is 0.340 e. The number of rotatable bonds is 3. The van der Waals surface area contributed by atoms with Crippen molar-refractivity contribution in [2.45, 2.75) is 13.5 Å². The molecule has 0 bridgehead atoms. The summed E-state index contributed by atoms with van der Waals surface area (Å²) in [5.74, 6) is 4.94. The molecule has 0 radical (unpaired) electrons. The van der Waals surface area contributed by atoms with Gasteiger partial charge in [0.2, 0.25) is 5.91 Å². The van der Waals surface area contributed by atoms with Gasteiger partial charge in [-0.1, -0.05) is 12.1 Å². The summed E-state index contributed by atoms with van der Waals surface area (Å²) in [6, 6.07) is 7.40. The molecule has 0 unspecified atom stereocenters. The maximum absolute atomic E-state index is 11.3. The molecule has 1 aromatic carbocycles. The molecule has 1 fully saturated rings. The number of nitrogen functional groups attached to an aromatic ring is 1. The highest BCUT2D eigenvalue weighted by Crippen LogP contribution is 2.10. The SMILES string of the molecule is CC(=O)N1CCN(Cc2ccc(C(=O)NN)cc2)CC1. The summed E-state index contributed by atoms with van der Waals surface area (Å²) >= 11 is 0. The Morgan fingerprint density at radius 1 is 1.15 bits per heavy atom. The van der Waals surface area contributed by atoms with E-state index in [4.69, 9.17) is 5.84 Å². The van der Waals surface area contributed by atoms with E-state index in [1.807, 2.05) is 17.0 Å². The van der Waals surface area contributed by atoms with Crippen molar-refractivity contribution in [1.29, 1.82) is 0 Å². The third kappa shape index (κ3) is 3.55. The Hall–Kier alpha value is -1.92. The number of hydrazine groups is 1. The van der Waals surface area contributed by atoms with E-state index in [-0.39, 0.29) is 11.8 Å². The zero-order valence-corrected chi connectivity index (χ0v) is 11.6. The Kier molecular flexibility index (Phi) is 4.70. The van der Waals surface area contributed by atoms with Gasteiger partial charge in [-0.25, -0.2) is 5.84 Å². The van der Waals surface area contributed by atoms with Crippen molar-refractivity contribution in [2.24, 2.45) is 5.84 Å². The van der Waals surface area contributed by atoms with Gasteiger partial charge in [0.25, 0.3) is 5.91 Å². The lowest BCUT2D eigenvalue weighted by atomic mass is 10.1. The van der Waals surface area contributed by atoms with Crippen LogP contribution in [0.1, 0.15) is 22.8 Å². The van der Waals surface area contributed by atoms with E-state index < -0.39 is 0 Å². The normalized spacial score (nSPS) is 16.0. The fourth-order valence-corrected chi connectivity index (χ4v) is 2.32. The highest BCUT2D eigenvalue weighted by molar-refractivity contribution is 5.93. The van der Waals surface area contributed by atoms with Crippen LogP contribution in [0.4, 0.5) is 0 Å². The van der Waals surface area contributed by atoms with E-state index in [0.717, 1.165) is 38.3 Å². The molecular weight excluding hydrogens is 256 g/mol. The van der Waals surface area contributed by atoms with Crippen molar-refractivity contribution in [1.82, 2.24) is 15.2 Å². The van der Waals surface area contributed by atoms with Crippen LogP contribution in [0.3, 0.4) is 0 Å². The van der Waals surface area contributed by atoms with Crippen molar-refractivity contribution in [3.63, 3.8) is 0 Å². The topological polar surface area (TPSA) is 78.7 Å². The zero-order valence-electron chi connectivity index (χ0n) is 11.6. The van der Waals surface area contributed by atoms with Crippen LogP contribution in [0, 0.1) is 0 Å². The number of nitrogens with zero attached hydrogens (tertiary/aromatic N) is 2. The van der Waals surface area contributed by atoms with E-state index in [0.29, 0.717) is 5.56 Å². The number of hydrogen-bond donors (Lipinski definition) is 2. The van der Waals surface area contributed by atoms with Gasteiger partial charge in [-0.2, -0.15) is 0 Å². The second-order valence-corrected chi connectivity index (χ2v) is 4.95. The van der Waals surface area contributed by atoms with Crippen molar-refractivity contribution < 1.29 is 9.59 Å². The van der Waals surface area contributed by atoms with E-state index in [1.165, 1.54) is 0 Å². The summed E-state index contributed by atoms with van der Waals surface area (Å²) in [5, 5.41) is 0. The van der Waals surface area contributed by atoms with Gasteiger partial charge in [0.1, 0.15) is 0 Å². The second kappa shape index (κ2) is 6.49. The summed E-state index contributed by atoms with van der Waals surface area (Å²) in [7, 11) is 0. The lowest BCUT2D eigenvalue weighted by Crippen LogP contribution is -2.47. The van der Waals surface area contributed by atoms with E-state index in [1.54, 1.807) is 19.1 Å². The molecule has 1 aliphatic rings. The molecule has 2 amide bonds.